The van der Waals surface area contributed by atoms with E-state index in [-0.39, 0.29) is 24.2 Å². The number of thiazole rings is 1. The van der Waals surface area contributed by atoms with Gasteiger partial charge >= 0.3 is 0 Å². The maximum absolute atomic E-state index is 13.4. The number of methoxy groups -OCH3 is 1. The van der Waals surface area contributed by atoms with Crippen molar-refractivity contribution >= 4 is 45.0 Å². The van der Waals surface area contributed by atoms with Crippen molar-refractivity contribution in [3.05, 3.63) is 18.2 Å². The van der Waals surface area contributed by atoms with Gasteiger partial charge in [0.2, 0.25) is 5.91 Å². The van der Waals surface area contributed by atoms with Crippen LogP contribution in [0.15, 0.2) is 18.2 Å². The zero-order valence-corrected chi connectivity index (χ0v) is 18.8. The lowest BCUT2D eigenvalue weighted by Gasteiger charge is -2.29. The Labute approximate surface area is 178 Å². The fraction of sp³-hybridized carbons (Fsp3) is 0.619. The molecule has 5 nitrogen and oxygen atoms in total. The summed E-state index contributed by atoms with van der Waals surface area (Å²) in [5.74, 6) is 1.16. The van der Waals surface area contributed by atoms with Crippen molar-refractivity contribution in [2.75, 3.05) is 38.2 Å². The third-order valence-electron chi connectivity index (χ3n) is 5.58. The lowest BCUT2D eigenvalue weighted by atomic mass is 9.88. The quantitative estimate of drug-likeness (QED) is 0.598. The van der Waals surface area contributed by atoms with Gasteiger partial charge in [0.25, 0.3) is 0 Å². The molecule has 28 heavy (non-hydrogen) atoms. The average Bonchev–Trinajstić information content (AvgIpc) is 3.15. The summed E-state index contributed by atoms with van der Waals surface area (Å²) < 4.78 is 6.53. The van der Waals surface area contributed by atoms with Crippen LogP contribution >= 0.6 is 23.7 Å². The molecule has 1 amide bonds. The Hall–Kier alpha value is -1.37. The van der Waals surface area contributed by atoms with Crippen molar-refractivity contribution in [1.82, 2.24) is 9.88 Å². The van der Waals surface area contributed by atoms with E-state index in [1.165, 1.54) is 6.42 Å². The maximum Gasteiger partial charge on any atom is 0.231 e. The van der Waals surface area contributed by atoms with Crippen LogP contribution in [-0.2, 0) is 4.79 Å². The van der Waals surface area contributed by atoms with E-state index >= 15 is 0 Å². The number of anilines is 1. The number of nitrogens with zero attached hydrogens (tertiary/aromatic N) is 3. The molecule has 0 radical (unpaired) electrons. The highest BCUT2D eigenvalue weighted by Gasteiger charge is 2.29. The fourth-order valence-corrected chi connectivity index (χ4v) is 4.86. The molecule has 7 heteroatoms. The van der Waals surface area contributed by atoms with Crippen molar-refractivity contribution in [2.24, 2.45) is 5.92 Å². The highest BCUT2D eigenvalue weighted by molar-refractivity contribution is 7.22. The molecule has 0 N–H and O–H groups in total. The summed E-state index contributed by atoms with van der Waals surface area (Å²) >= 11 is 1.59. The van der Waals surface area contributed by atoms with E-state index in [0.717, 1.165) is 66.4 Å². The second kappa shape index (κ2) is 11.0. The Bertz CT molecular complexity index is 757. The SMILES string of the molecule is CCN(CC)CCN(C(=O)C1CCCCC1)c1nc2c(OC)cccc2s1.Cl. The molecule has 156 valence electrons. The molecule has 1 aromatic carbocycles. The van der Waals surface area contributed by atoms with Crippen molar-refractivity contribution in [3.8, 4) is 5.75 Å². The lowest BCUT2D eigenvalue weighted by Crippen LogP contribution is -2.42. The number of rotatable bonds is 8. The Morgan fingerprint density at radius 1 is 1.18 bits per heavy atom. The molecule has 0 aliphatic heterocycles. The first-order chi connectivity index (χ1) is 13.2. The van der Waals surface area contributed by atoms with E-state index in [1.54, 1.807) is 18.4 Å². The van der Waals surface area contributed by atoms with Gasteiger partial charge in [-0.15, -0.1) is 12.4 Å². The third-order valence-corrected chi connectivity index (χ3v) is 6.62. The number of hydrogen-bond acceptors (Lipinski definition) is 5. The molecule has 0 atom stereocenters. The summed E-state index contributed by atoms with van der Waals surface area (Å²) in [5, 5.41) is 0.803. The third kappa shape index (κ3) is 5.16. The molecule has 0 unspecified atom stereocenters. The van der Waals surface area contributed by atoms with Crippen molar-refractivity contribution in [3.63, 3.8) is 0 Å². The van der Waals surface area contributed by atoms with Crippen molar-refractivity contribution in [2.45, 2.75) is 46.0 Å². The van der Waals surface area contributed by atoms with E-state index in [0.29, 0.717) is 6.54 Å². The smallest absolute Gasteiger partial charge is 0.231 e. The number of carbonyl (C=O) groups excluding carboxylic acids is 1. The largest absolute Gasteiger partial charge is 0.494 e. The number of halogens is 1. The molecule has 1 aliphatic rings. The summed E-state index contributed by atoms with van der Waals surface area (Å²) in [7, 11) is 1.67. The van der Waals surface area contributed by atoms with Crippen LogP contribution < -0.4 is 9.64 Å². The van der Waals surface area contributed by atoms with Gasteiger partial charge in [-0.25, -0.2) is 4.98 Å². The van der Waals surface area contributed by atoms with Gasteiger partial charge in [0.05, 0.1) is 11.8 Å². The first-order valence-corrected chi connectivity index (χ1v) is 11.0. The molecular formula is C21H32ClN3O2S. The van der Waals surface area contributed by atoms with Crippen LogP contribution in [-0.4, -0.2) is 49.1 Å². The molecule has 0 spiro atoms. The zero-order chi connectivity index (χ0) is 19.2. The van der Waals surface area contributed by atoms with Crippen LogP contribution in [0, 0.1) is 5.92 Å². The minimum atomic E-state index is 0. The van der Waals surface area contributed by atoms with Crippen LogP contribution in [0.25, 0.3) is 10.2 Å². The summed E-state index contributed by atoms with van der Waals surface area (Å²) in [5.41, 5.74) is 0.851. The first kappa shape index (κ1) is 22.9. The summed E-state index contributed by atoms with van der Waals surface area (Å²) in [4.78, 5) is 22.5. The monoisotopic (exact) mass is 425 g/mol. The average molecular weight is 426 g/mol. The topological polar surface area (TPSA) is 45.7 Å². The molecule has 2 aromatic rings. The number of para-hydroxylation sites is 1. The molecule has 1 heterocycles. The van der Waals surface area contributed by atoms with Gasteiger partial charge in [-0.3, -0.25) is 9.69 Å². The second-order valence-electron chi connectivity index (χ2n) is 7.16. The Balaban J connectivity index is 0.00000280. The number of fused-ring (bicyclic) bond motifs is 1. The molecule has 1 saturated carbocycles. The number of ether oxygens (including phenoxy) is 1. The van der Waals surface area contributed by atoms with Crippen LogP contribution in [0.3, 0.4) is 0 Å². The molecular weight excluding hydrogens is 394 g/mol. The number of hydrogen-bond donors (Lipinski definition) is 0. The van der Waals surface area contributed by atoms with E-state index in [2.05, 4.69) is 18.7 Å². The summed E-state index contributed by atoms with van der Waals surface area (Å²) in [6.07, 6.45) is 5.59. The van der Waals surface area contributed by atoms with Crippen LogP contribution in [0.4, 0.5) is 5.13 Å². The Morgan fingerprint density at radius 3 is 2.54 bits per heavy atom. The van der Waals surface area contributed by atoms with Gasteiger partial charge in [0.15, 0.2) is 5.13 Å². The van der Waals surface area contributed by atoms with Gasteiger partial charge in [-0.2, -0.15) is 0 Å². The fourth-order valence-electron chi connectivity index (χ4n) is 3.84. The summed E-state index contributed by atoms with van der Waals surface area (Å²) in [6.45, 7) is 7.89. The zero-order valence-electron chi connectivity index (χ0n) is 17.1. The molecule has 0 saturated heterocycles. The molecule has 1 fully saturated rings. The molecule has 1 aromatic heterocycles. The minimum absolute atomic E-state index is 0. The standard InChI is InChI=1S/C21H31N3O2S.ClH/c1-4-23(5-2)14-15-24(20(25)16-10-7-6-8-11-16)21-22-19-17(26-3)12-9-13-18(19)27-21;/h9,12-13,16H,4-8,10-11,14-15H2,1-3H3;1H. The van der Waals surface area contributed by atoms with Crippen LogP contribution in [0.2, 0.25) is 0 Å². The van der Waals surface area contributed by atoms with Crippen LogP contribution in [0.1, 0.15) is 46.0 Å². The van der Waals surface area contributed by atoms with Crippen LogP contribution in [0.5, 0.6) is 5.75 Å². The Kier molecular flexibility index (Phi) is 8.99. The first-order valence-electron chi connectivity index (χ1n) is 10.1. The van der Waals surface area contributed by atoms with Crippen molar-refractivity contribution in [1.29, 1.82) is 0 Å². The van der Waals surface area contributed by atoms with Gasteiger partial charge in [-0.1, -0.05) is 50.5 Å². The van der Waals surface area contributed by atoms with E-state index in [1.807, 2.05) is 23.1 Å². The maximum atomic E-state index is 13.4. The second-order valence-corrected chi connectivity index (χ2v) is 8.16. The highest BCUT2D eigenvalue weighted by atomic mass is 35.5. The Morgan fingerprint density at radius 2 is 1.89 bits per heavy atom. The lowest BCUT2D eigenvalue weighted by molar-refractivity contribution is -0.123. The van der Waals surface area contributed by atoms with E-state index in [9.17, 15) is 4.79 Å². The normalized spacial score (nSPS) is 14.9. The number of amides is 1. The number of likely N-dealkylation sites (N-methyl/N-ethyl adjacent to an activating group) is 1. The predicted octanol–water partition coefficient (Wildman–Crippen LogP) is 4.98. The number of aromatic nitrogens is 1. The predicted molar refractivity (Wildman–Crippen MR) is 120 cm³/mol. The highest BCUT2D eigenvalue weighted by Crippen LogP contribution is 2.35. The molecule has 0 bridgehead atoms. The van der Waals surface area contributed by atoms with Gasteiger partial charge in [0, 0.05) is 19.0 Å². The molecule has 3 rings (SSSR count). The van der Waals surface area contributed by atoms with Gasteiger partial charge in [0.1, 0.15) is 11.3 Å². The summed E-state index contributed by atoms with van der Waals surface area (Å²) in [6, 6.07) is 5.95. The molecule has 1 aliphatic carbocycles. The minimum Gasteiger partial charge on any atom is -0.494 e. The van der Waals surface area contributed by atoms with Gasteiger partial charge in [-0.05, 0) is 38.1 Å². The number of carbonyl (C=O) groups is 1. The van der Waals surface area contributed by atoms with Gasteiger partial charge < -0.3 is 9.64 Å². The van der Waals surface area contributed by atoms with Crippen molar-refractivity contribution < 1.29 is 9.53 Å². The van der Waals surface area contributed by atoms with E-state index < -0.39 is 0 Å². The number of benzene rings is 1. The van der Waals surface area contributed by atoms with E-state index in [4.69, 9.17) is 9.72 Å².